The molecule has 1 aromatic carbocycles. The number of nitrogens with zero attached hydrogens (tertiary/aromatic N) is 2. The van der Waals surface area contributed by atoms with Gasteiger partial charge < -0.3 is 9.64 Å². The minimum atomic E-state index is -0.237. The van der Waals surface area contributed by atoms with Gasteiger partial charge >= 0.3 is 5.97 Å². The van der Waals surface area contributed by atoms with Crippen LogP contribution < -0.4 is 0 Å². The predicted octanol–water partition coefficient (Wildman–Crippen LogP) is 2.76. The number of piperidine rings is 1. The van der Waals surface area contributed by atoms with Crippen molar-refractivity contribution in [2.45, 2.75) is 38.6 Å². The molecule has 2 aliphatic rings. The number of benzene rings is 1. The molecule has 2 heterocycles. The number of halogens is 1. The molecule has 0 N–H and O–H groups in total. The van der Waals surface area contributed by atoms with E-state index in [-0.39, 0.29) is 29.7 Å². The van der Waals surface area contributed by atoms with Crippen LogP contribution in [0.5, 0.6) is 0 Å². The van der Waals surface area contributed by atoms with E-state index in [0.29, 0.717) is 39.1 Å². The van der Waals surface area contributed by atoms with Crippen LogP contribution in [0.1, 0.15) is 44.2 Å². The van der Waals surface area contributed by atoms with Gasteiger partial charge in [0.2, 0.25) is 5.91 Å². The van der Waals surface area contributed by atoms with Crippen LogP contribution in [0, 0.1) is 11.7 Å². The molecule has 1 atom stereocenters. The summed E-state index contributed by atoms with van der Waals surface area (Å²) < 4.78 is 18.2. The summed E-state index contributed by atoms with van der Waals surface area (Å²) in [5, 5.41) is 0. The molecular weight excluding hydrogens is 335 g/mol. The summed E-state index contributed by atoms with van der Waals surface area (Å²) in [6.07, 6.45) is 3.38. The summed E-state index contributed by atoms with van der Waals surface area (Å²) in [6.45, 7) is 4.69. The number of esters is 1. The molecule has 26 heavy (non-hydrogen) atoms. The lowest BCUT2D eigenvalue weighted by Gasteiger charge is -2.33. The zero-order valence-corrected chi connectivity index (χ0v) is 15.3. The van der Waals surface area contributed by atoms with Crippen molar-refractivity contribution in [1.29, 1.82) is 0 Å². The molecule has 0 aromatic heterocycles. The Kier molecular flexibility index (Phi) is 6.25. The molecule has 2 saturated heterocycles. The summed E-state index contributed by atoms with van der Waals surface area (Å²) >= 11 is 0. The highest BCUT2D eigenvalue weighted by Gasteiger charge is 2.32. The van der Waals surface area contributed by atoms with E-state index in [9.17, 15) is 14.0 Å². The Labute approximate surface area is 154 Å². The first-order valence-electron chi connectivity index (χ1n) is 9.52. The van der Waals surface area contributed by atoms with Gasteiger partial charge in [-0.05, 0) is 56.8 Å². The fourth-order valence-corrected chi connectivity index (χ4v) is 3.98. The van der Waals surface area contributed by atoms with Crippen LogP contribution in [0.3, 0.4) is 0 Å². The minimum absolute atomic E-state index is 0.0854. The second-order valence-electron chi connectivity index (χ2n) is 7.09. The van der Waals surface area contributed by atoms with Crippen molar-refractivity contribution in [3.63, 3.8) is 0 Å². The average Bonchev–Trinajstić information content (AvgIpc) is 3.11. The van der Waals surface area contributed by atoms with Gasteiger partial charge in [0.15, 0.2) is 0 Å². The Balaban J connectivity index is 1.53. The van der Waals surface area contributed by atoms with E-state index in [4.69, 9.17) is 4.74 Å². The maximum Gasteiger partial charge on any atom is 0.309 e. The lowest BCUT2D eigenvalue weighted by molar-refractivity contribution is -0.151. The Morgan fingerprint density at radius 1 is 1.12 bits per heavy atom. The topological polar surface area (TPSA) is 49.9 Å². The van der Waals surface area contributed by atoms with Gasteiger partial charge in [0.1, 0.15) is 5.82 Å². The van der Waals surface area contributed by atoms with E-state index in [0.717, 1.165) is 24.9 Å². The maximum absolute atomic E-state index is 13.2. The van der Waals surface area contributed by atoms with Gasteiger partial charge in [0.25, 0.3) is 0 Å². The van der Waals surface area contributed by atoms with E-state index in [2.05, 4.69) is 4.90 Å². The molecule has 0 bridgehead atoms. The fraction of sp³-hybridized carbons (Fsp3) is 0.600. The zero-order chi connectivity index (χ0) is 18.5. The number of carbonyl (C=O) groups is 2. The van der Waals surface area contributed by atoms with Gasteiger partial charge in [-0.3, -0.25) is 14.5 Å². The minimum Gasteiger partial charge on any atom is -0.466 e. The first kappa shape index (κ1) is 18.8. The van der Waals surface area contributed by atoms with E-state index >= 15 is 0 Å². The van der Waals surface area contributed by atoms with Crippen molar-refractivity contribution < 1.29 is 18.7 Å². The van der Waals surface area contributed by atoms with Crippen molar-refractivity contribution in [2.24, 2.45) is 5.92 Å². The SMILES string of the molecule is CCOC(=O)C1CCN(C(=O)CN2CCCC2c2ccc(F)cc2)CC1. The largest absolute Gasteiger partial charge is 0.466 e. The molecule has 0 spiro atoms. The van der Waals surface area contributed by atoms with Crippen molar-refractivity contribution in [2.75, 3.05) is 32.8 Å². The standard InChI is InChI=1S/C20H27FN2O3/c1-2-26-20(25)16-9-12-22(13-10-16)19(24)14-23-11-3-4-18(23)15-5-7-17(21)8-6-15/h5-8,16,18H,2-4,9-14H2,1H3. The number of amides is 1. The molecular formula is C20H27FN2O3. The number of hydrogen-bond acceptors (Lipinski definition) is 4. The third-order valence-corrected chi connectivity index (χ3v) is 5.42. The molecule has 2 fully saturated rings. The highest BCUT2D eigenvalue weighted by Crippen LogP contribution is 2.32. The number of carbonyl (C=O) groups excluding carboxylic acids is 2. The second kappa shape index (κ2) is 8.62. The first-order valence-corrected chi connectivity index (χ1v) is 9.52. The van der Waals surface area contributed by atoms with Gasteiger partial charge in [-0.2, -0.15) is 0 Å². The Morgan fingerprint density at radius 3 is 2.46 bits per heavy atom. The summed E-state index contributed by atoms with van der Waals surface area (Å²) in [6, 6.07) is 6.76. The quantitative estimate of drug-likeness (QED) is 0.756. The first-order chi connectivity index (χ1) is 12.6. The van der Waals surface area contributed by atoms with Gasteiger partial charge in [0, 0.05) is 19.1 Å². The Hall–Kier alpha value is -1.95. The lowest BCUT2D eigenvalue weighted by Crippen LogP contribution is -2.45. The Bertz CT molecular complexity index is 626. The summed E-state index contributed by atoms with van der Waals surface area (Å²) in [5.41, 5.74) is 1.07. The number of ether oxygens (including phenoxy) is 1. The van der Waals surface area contributed by atoms with E-state index < -0.39 is 0 Å². The average molecular weight is 362 g/mol. The molecule has 0 radical (unpaired) electrons. The van der Waals surface area contributed by atoms with Crippen LogP contribution in [-0.4, -0.2) is 54.5 Å². The van der Waals surface area contributed by atoms with Crippen molar-refractivity contribution in [3.8, 4) is 0 Å². The number of likely N-dealkylation sites (tertiary alicyclic amines) is 2. The van der Waals surface area contributed by atoms with Gasteiger partial charge in [0.05, 0.1) is 19.1 Å². The van der Waals surface area contributed by atoms with Crippen LogP contribution in [0.2, 0.25) is 0 Å². The van der Waals surface area contributed by atoms with Crippen molar-refractivity contribution in [3.05, 3.63) is 35.6 Å². The molecule has 2 aliphatic heterocycles. The molecule has 1 unspecified atom stereocenters. The van der Waals surface area contributed by atoms with Crippen LogP contribution in [0.4, 0.5) is 4.39 Å². The number of hydrogen-bond donors (Lipinski definition) is 0. The van der Waals surface area contributed by atoms with Gasteiger partial charge in [-0.1, -0.05) is 12.1 Å². The van der Waals surface area contributed by atoms with Crippen molar-refractivity contribution in [1.82, 2.24) is 9.80 Å². The fourth-order valence-electron chi connectivity index (χ4n) is 3.98. The van der Waals surface area contributed by atoms with Crippen LogP contribution >= 0.6 is 0 Å². The molecule has 3 rings (SSSR count). The van der Waals surface area contributed by atoms with Crippen LogP contribution in [-0.2, 0) is 14.3 Å². The van der Waals surface area contributed by atoms with Crippen LogP contribution in [0.15, 0.2) is 24.3 Å². The smallest absolute Gasteiger partial charge is 0.309 e. The normalized spacial score (nSPS) is 21.8. The molecule has 0 aliphatic carbocycles. The molecule has 0 saturated carbocycles. The second-order valence-corrected chi connectivity index (χ2v) is 7.09. The molecule has 1 aromatic rings. The van der Waals surface area contributed by atoms with E-state index in [1.165, 1.54) is 12.1 Å². The summed E-state index contributed by atoms with van der Waals surface area (Å²) in [5.74, 6) is -0.353. The Morgan fingerprint density at radius 2 is 1.81 bits per heavy atom. The van der Waals surface area contributed by atoms with Gasteiger partial charge in [-0.25, -0.2) is 4.39 Å². The zero-order valence-electron chi connectivity index (χ0n) is 15.3. The highest BCUT2D eigenvalue weighted by atomic mass is 19.1. The van der Waals surface area contributed by atoms with E-state index in [1.807, 2.05) is 24.0 Å². The van der Waals surface area contributed by atoms with Gasteiger partial charge in [-0.15, -0.1) is 0 Å². The molecule has 142 valence electrons. The molecule has 5 nitrogen and oxygen atoms in total. The third kappa shape index (κ3) is 4.41. The highest BCUT2D eigenvalue weighted by molar-refractivity contribution is 5.79. The third-order valence-electron chi connectivity index (χ3n) is 5.42. The number of rotatable bonds is 5. The monoisotopic (exact) mass is 362 g/mol. The predicted molar refractivity (Wildman–Crippen MR) is 95.9 cm³/mol. The lowest BCUT2D eigenvalue weighted by atomic mass is 9.97. The van der Waals surface area contributed by atoms with E-state index in [1.54, 1.807) is 0 Å². The maximum atomic E-state index is 13.2. The van der Waals surface area contributed by atoms with Crippen molar-refractivity contribution >= 4 is 11.9 Å². The van der Waals surface area contributed by atoms with Crippen LogP contribution in [0.25, 0.3) is 0 Å². The molecule has 1 amide bonds. The summed E-state index contributed by atoms with van der Waals surface area (Å²) in [4.78, 5) is 28.6. The molecule has 6 heteroatoms. The summed E-state index contributed by atoms with van der Waals surface area (Å²) in [7, 11) is 0.